The first kappa shape index (κ1) is 15.8. The summed E-state index contributed by atoms with van der Waals surface area (Å²) in [6.07, 6.45) is 0. The molecular formula is C16H16ClN3O2S. The van der Waals surface area contributed by atoms with Crippen molar-refractivity contribution in [2.45, 2.75) is 6.54 Å². The van der Waals surface area contributed by atoms with Gasteiger partial charge in [0.05, 0.1) is 10.6 Å². The molecule has 0 radical (unpaired) electrons. The van der Waals surface area contributed by atoms with Crippen LogP contribution in [0.2, 0.25) is 5.02 Å². The standard InChI is InChI=1S/C16H16ClN3O2S/c1-19(9-11-4-7-23-10-11)15(21)13-8-12(2-3-14(13)17)20-6-5-18-16(20)22/h2-4,7-8,10H,5-6,9H2,1H3,(H,18,22). The smallest absolute Gasteiger partial charge is 0.321 e. The zero-order valence-corrected chi connectivity index (χ0v) is 14.2. The van der Waals surface area contributed by atoms with Crippen molar-refractivity contribution < 1.29 is 9.59 Å². The van der Waals surface area contributed by atoms with Crippen molar-refractivity contribution in [2.24, 2.45) is 0 Å². The van der Waals surface area contributed by atoms with E-state index in [2.05, 4.69) is 5.32 Å². The van der Waals surface area contributed by atoms with E-state index in [0.717, 1.165) is 5.56 Å². The van der Waals surface area contributed by atoms with E-state index >= 15 is 0 Å². The molecule has 2 heterocycles. The van der Waals surface area contributed by atoms with Gasteiger partial charge in [0.1, 0.15) is 0 Å². The highest BCUT2D eigenvalue weighted by molar-refractivity contribution is 7.07. The van der Waals surface area contributed by atoms with Crippen LogP contribution in [-0.4, -0.2) is 37.0 Å². The summed E-state index contributed by atoms with van der Waals surface area (Å²) in [4.78, 5) is 27.7. The number of nitrogens with zero attached hydrogens (tertiary/aromatic N) is 2. The van der Waals surface area contributed by atoms with Crippen LogP contribution >= 0.6 is 22.9 Å². The average molecular weight is 350 g/mol. The van der Waals surface area contributed by atoms with Gasteiger partial charge in [0.15, 0.2) is 0 Å². The SMILES string of the molecule is CN(Cc1ccsc1)C(=O)c1cc(N2CCNC2=O)ccc1Cl. The molecule has 1 aliphatic heterocycles. The highest BCUT2D eigenvalue weighted by atomic mass is 35.5. The molecule has 0 aliphatic carbocycles. The van der Waals surface area contributed by atoms with Crippen LogP contribution in [0.25, 0.3) is 0 Å². The molecular weight excluding hydrogens is 334 g/mol. The lowest BCUT2D eigenvalue weighted by molar-refractivity contribution is 0.0785. The molecule has 2 aromatic rings. The lowest BCUT2D eigenvalue weighted by Gasteiger charge is -2.20. The van der Waals surface area contributed by atoms with E-state index in [9.17, 15) is 9.59 Å². The first-order chi connectivity index (χ1) is 11.1. The molecule has 23 heavy (non-hydrogen) atoms. The fourth-order valence-corrected chi connectivity index (χ4v) is 3.36. The van der Waals surface area contributed by atoms with E-state index in [-0.39, 0.29) is 11.9 Å². The van der Waals surface area contributed by atoms with Crippen LogP contribution in [0.4, 0.5) is 10.5 Å². The number of amides is 3. The third-order valence-electron chi connectivity index (χ3n) is 3.70. The molecule has 120 valence electrons. The van der Waals surface area contributed by atoms with Crippen molar-refractivity contribution >= 4 is 40.6 Å². The van der Waals surface area contributed by atoms with Gasteiger partial charge in [0.2, 0.25) is 0 Å². The normalized spacial score (nSPS) is 14.0. The van der Waals surface area contributed by atoms with Crippen LogP contribution in [0.5, 0.6) is 0 Å². The van der Waals surface area contributed by atoms with Crippen LogP contribution < -0.4 is 10.2 Å². The number of halogens is 1. The maximum Gasteiger partial charge on any atom is 0.321 e. The Labute approximate surface area is 143 Å². The number of hydrogen-bond donors (Lipinski definition) is 1. The molecule has 1 aromatic carbocycles. The summed E-state index contributed by atoms with van der Waals surface area (Å²) in [6.45, 7) is 1.70. The second-order valence-corrected chi connectivity index (χ2v) is 6.53. The van der Waals surface area contributed by atoms with Crippen molar-refractivity contribution in [1.29, 1.82) is 0 Å². The number of carbonyl (C=O) groups excluding carboxylic acids is 2. The third-order valence-corrected chi connectivity index (χ3v) is 4.76. The average Bonchev–Trinajstić information content (AvgIpc) is 3.19. The monoisotopic (exact) mass is 349 g/mol. The van der Waals surface area contributed by atoms with Crippen molar-refractivity contribution in [3.05, 3.63) is 51.2 Å². The highest BCUT2D eigenvalue weighted by Crippen LogP contribution is 2.26. The second-order valence-electron chi connectivity index (χ2n) is 5.34. The van der Waals surface area contributed by atoms with Crippen LogP contribution in [0.15, 0.2) is 35.0 Å². The molecule has 0 bridgehead atoms. The van der Waals surface area contributed by atoms with Crippen molar-refractivity contribution in [3.8, 4) is 0 Å². The molecule has 5 nitrogen and oxygen atoms in total. The number of rotatable bonds is 4. The van der Waals surface area contributed by atoms with Gasteiger partial charge >= 0.3 is 6.03 Å². The third kappa shape index (κ3) is 3.33. The quantitative estimate of drug-likeness (QED) is 0.921. The summed E-state index contributed by atoms with van der Waals surface area (Å²) in [5, 5.41) is 7.12. The van der Waals surface area contributed by atoms with Crippen LogP contribution in [0, 0.1) is 0 Å². The number of benzene rings is 1. The number of carbonyl (C=O) groups is 2. The Balaban J connectivity index is 1.83. The Morgan fingerprint density at radius 1 is 1.43 bits per heavy atom. The number of hydrogen-bond acceptors (Lipinski definition) is 3. The first-order valence-corrected chi connectivity index (χ1v) is 8.50. The Bertz CT molecular complexity index is 733. The molecule has 1 aromatic heterocycles. The van der Waals surface area contributed by atoms with Gasteiger partial charge < -0.3 is 10.2 Å². The van der Waals surface area contributed by atoms with Gasteiger partial charge in [-0.25, -0.2) is 4.79 Å². The molecule has 7 heteroatoms. The maximum atomic E-state index is 12.7. The van der Waals surface area contributed by atoms with Crippen molar-refractivity contribution in [3.63, 3.8) is 0 Å². The van der Waals surface area contributed by atoms with E-state index in [1.807, 2.05) is 16.8 Å². The van der Waals surface area contributed by atoms with Crippen molar-refractivity contribution in [2.75, 3.05) is 25.0 Å². The van der Waals surface area contributed by atoms with Gasteiger partial charge in [-0.15, -0.1) is 0 Å². The van der Waals surface area contributed by atoms with Gasteiger partial charge in [-0.2, -0.15) is 11.3 Å². The molecule has 1 N–H and O–H groups in total. The van der Waals surface area contributed by atoms with Gasteiger partial charge in [-0.1, -0.05) is 11.6 Å². The molecule has 3 rings (SSSR count). The summed E-state index contributed by atoms with van der Waals surface area (Å²) < 4.78 is 0. The molecule has 0 spiro atoms. The maximum absolute atomic E-state index is 12.7. The Morgan fingerprint density at radius 2 is 2.26 bits per heavy atom. The number of urea groups is 1. The zero-order chi connectivity index (χ0) is 16.4. The topological polar surface area (TPSA) is 52.7 Å². The molecule has 0 saturated carbocycles. The summed E-state index contributed by atoms with van der Waals surface area (Å²) in [5.41, 5.74) is 2.16. The predicted octanol–water partition coefficient (Wildman–Crippen LogP) is 3.20. The molecule has 1 fully saturated rings. The lowest BCUT2D eigenvalue weighted by atomic mass is 10.1. The number of anilines is 1. The fourth-order valence-electron chi connectivity index (χ4n) is 2.50. The molecule has 0 atom stereocenters. The Morgan fingerprint density at radius 3 is 2.91 bits per heavy atom. The van der Waals surface area contributed by atoms with Gasteiger partial charge in [0, 0.05) is 32.4 Å². The summed E-state index contributed by atoms with van der Waals surface area (Å²) >= 11 is 7.79. The Hall–Kier alpha value is -2.05. The molecule has 3 amide bonds. The van der Waals surface area contributed by atoms with E-state index in [4.69, 9.17) is 11.6 Å². The Kier molecular flexibility index (Phi) is 4.54. The van der Waals surface area contributed by atoms with E-state index in [1.165, 1.54) is 0 Å². The van der Waals surface area contributed by atoms with E-state index < -0.39 is 0 Å². The van der Waals surface area contributed by atoms with E-state index in [0.29, 0.717) is 35.9 Å². The van der Waals surface area contributed by atoms with Crippen LogP contribution in [-0.2, 0) is 6.54 Å². The highest BCUT2D eigenvalue weighted by Gasteiger charge is 2.23. The minimum Gasteiger partial charge on any atom is -0.337 e. The minimum atomic E-state index is -0.164. The lowest BCUT2D eigenvalue weighted by Crippen LogP contribution is -2.29. The summed E-state index contributed by atoms with van der Waals surface area (Å²) in [5.74, 6) is -0.164. The largest absolute Gasteiger partial charge is 0.337 e. The molecule has 0 unspecified atom stereocenters. The van der Waals surface area contributed by atoms with Gasteiger partial charge in [0.25, 0.3) is 5.91 Å². The van der Waals surface area contributed by atoms with E-state index in [1.54, 1.807) is 46.4 Å². The van der Waals surface area contributed by atoms with Gasteiger partial charge in [-0.3, -0.25) is 9.69 Å². The van der Waals surface area contributed by atoms with Crippen LogP contribution in [0.3, 0.4) is 0 Å². The summed E-state index contributed by atoms with van der Waals surface area (Å²) in [6, 6.07) is 6.93. The zero-order valence-electron chi connectivity index (χ0n) is 12.6. The van der Waals surface area contributed by atoms with Crippen molar-refractivity contribution in [1.82, 2.24) is 10.2 Å². The number of thiophene rings is 1. The molecule has 1 aliphatic rings. The number of nitrogens with one attached hydrogen (secondary N) is 1. The first-order valence-electron chi connectivity index (χ1n) is 7.17. The summed E-state index contributed by atoms with van der Waals surface area (Å²) in [7, 11) is 1.74. The fraction of sp³-hybridized carbons (Fsp3) is 0.250. The second kappa shape index (κ2) is 6.60. The molecule has 1 saturated heterocycles. The minimum absolute atomic E-state index is 0.155. The predicted molar refractivity (Wildman–Crippen MR) is 92.3 cm³/mol. The van der Waals surface area contributed by atoms with Crippen LogP contribution in [0.1, 0.15) is 15.9 Å². The van der Waals surface area contributed by atoms with Gasteiger partial charge in [-0.05, 0) is 40.6 Å².